The zero-order valence-electron chi connectivity index (χ0n) is 25.5. The van der Waals surface area contributed by atoms with Gasteiger partial charge in [0.25, 0.3) is 0 Å². The van der Waals surface area contributed by atoms with E-state index in [2.05, 4.69) is 5.32 Å². The topological polar surface area (TPSA) is 96.0 Å². The largest absolute Gasteiger partial charge is 0.495 e. The molecule has 3 aromatic rings. The number of hydrogen-bond donors (Lipinski definition) is 1. The Morgan fingerprint density at radius 1 is 0.955 bits per heavy atom. The van der Waals surface area contributed by atoms with E-state index in [1.165, 1.54) is 23.9 Å². The van der Waals surface area contributed by atoms with Gasteiger partial charge in [-0.3, -0.25) is 13.9 Å². The zero-order chi connectivity index (χ0) is 31.5. The molecule has 3 aromatic carbocycles. The van der Waals surface area contributed by atoms with E-state index in [0.717, 1.165) is 43.1 Å². The highest BCUT2D eigenvalue weighted by atomic mass is 35.5. The molecule has 1 N–H and O–H groups in total. The van der Waals surface area contributed by atoms with Gasteiger partial charge in [0.15, 0.2) is 0 Å². The van der Waals surface area contributed by atoms with Crippen molar-refractivity contribution < 1.29 is 22.7 Å². The Kier molecular flexibility index (Phi) is 12.1. The summed E-state index contributed by atoms with van der Waals surface area (Å²) in [6, 6.07) is 23.5. The Labute approximate surface area is 266 Å². The third kappa shape index (κ3) is 9.47. The van der Waals surface area contributed by atoms with Crippen molar-refractivity contribution in [3.63, 3.8) is 0 Å². The first-order valence-corrected chi connectivity index (χ1v) is 17.4. The first-order valence-electron chi connectivity index (χ1n) is 15.1. The maximum atomic E-state index is 14.0. The van der Waals surface area contributed by atoms with Crippen LogP contribution in [0.25, 0.3) is 0 Å². The monoisotopic (exact) mass is 639 g/mol. The number of ether oxygens (including phenoxy) is 1. The standard InChI is InChI=1S/C34H42ClN3O5S/c1-43-32-21-20-29(24-30(32)35)38(44(2,41)42)22-12-19-33(39)37(25-27-15-8-4-9-16-27)31(23-26-13-6-3-7-14-26)34(40)36-28-17-10-5-11-18-28/h3-4,6-9,13-16,20-21,24,28,31H,5,10-12,17-19,22-23,25H2,1-2H3,(H,36,40). The molecule has 8 nitrogen and oxygen atoms in total. The summed E-state index contributed by atoms with van der Waals surface area (Å²) in [6.45, 7) is 0.336. The highest BCUT2D eigenvalue weighted by Crippen LogP contribution is 2.30. The van der Waals surface area contributed by atoms with Gasteiger partial charge in [-0.2, -0.15) is 0 Å². The molecule has 0 bridgehead atoms. The van der Waals surface area contributed by atoms with Gasteiger partial charge in [0, 0.05) is 32.0 Å². The van der Waals surface area contributed by atoms with E-state index in [1.807, 2.05) is 60.7 Å². The van der Waals surface area contributed by atoms with E-state index in [0.29, 0.717) is 17.9 Å². The predicted octanol–water partition coefficient (Wildman–Crippen LogP) is 5.98. The second kappa shape index (κ2) is 16.0. The molecule has 0 spiro atoms. The molecular formula is C34H42ClN3O5S. The zero-order valence-corrected chi connectivity index (χ0v) is 27.0. The minimum atomic E-state index is -3.66. The summed E-state index contributed by atoms with van der Waals surface area (Å²) in [5.41, 5.74) is 2.26. The van der Waals surface area contributed by atoms with Crippen molar-refractivity contribution in [1.82, 2.24) is 10.2 Å². The number of carbonyl (C=O) groups is 2. The van der Waals surface area contributed by atoms with Crippen LogP contribution in [0.4, 0.5) is 5.69 Å². The quantitative estimate of drug-likeness (QED) is 0.234. The van der Waals surface area contributed by atoms with Gasteiger partial charge in [0.05, 0.1) is 24.1 Å². The lowest BCUT2D eigenvalue weighted by atomic mass is 9.94. The van der Waals surface area contributed by atoms with Crippen molar-refractivity contribution in [2.45, 2.75) is 70.0 Å². The number of hydrogen-bond acceptors (Lipinski definition) is 5. The number of halogens is 1. The molecule has 1 aliphatic carbocycles. The van der Waals surface area contributed by atoms with Crippen LogP contribution in [0.3, 0.4) is 0 Å². The summed E-state index contributed by atoms with van der Waals surface area (Å²) in [5.74, 6) is 0.0667. The number of nitrogens with one attached hydrogen (secondary N) is 1. The molecule has 0 aliphatic heterocycles. The summed E-state index contributed by atoms with van der Waals surface area (Å²) in [7, 11) is -2.17. The minimum absolute atomic E-state index is 0.0603. The molecule has 1 saturated carbocycles. The van der Waals surface area contributed by atoms with Crippen molar-refractivity contribution in [1.29, 1.82) is 0 Å². The van der Waals surface area contributed by atoms with E-state index < -0.39 is 16.1 Å². The summed E-state index contributed by atoms with van der Waals surface area (Å²) >= 11 is 6.28. The number of methoxy groups -OCH3 is 1. The highest BCUT2D eigenvalue weighted by molar-refractivity contribution is 7.92. The Morgan fingerprint density at radius 3 is 2.18 bits per heavy atom. The Hall–Kier alpha value is -3.56. The van der Waals surface area contributed by atoms with Gasteiger partial charge in [0.2, 0.25) is 21.8 Å². The fourth-order valence-electron chi connectivity index (χ4n) is 5.69. The third-order valence-corrected chi connectivity index (χ3v) is 9.48. The summed E-state index contributed by atoms with van der Waals surface area (Å²) in [6.07, 6.45) is 7.02. The molecule has 0 radical (unpaired) electrons. The number of nitrogens with zero attached hydrogens (tertiary/aromatic N) is 2. The SMILES string of the molecule is COc1ccc(N(CCCC(=O)N(Cc2ccccc2)C(Cc2ccccc2)C(=O)NC2CCCCC2)S(C)(=O)=O)cc1Cl. The van der Waals surface area contributed by atoms with E-state index in [4.69, 9.17) is 16.3 Å². The second-order valence-electron chi connectivity index (χ2n) is 11.3. The van der Waals surface area contributed by atoms with Gasteiger partial charge >= 0.3 is 0 Å². The molecule has 2 amide bonds. The van der Waals surface area contributed by atoms with Crippen LogP contribution in [-0.4, -0.2) is 57.1 Å². The second-order valence-corrected chi connectivity index (χ2v) is 13.6. The van der Waals surface area contributed by atoms with Gasteiger partial charge in [0.1, 0.15) is 11.8 Å². The van der Waals surface area contributed by atoms with E-state index >= 15 is 0 Å². The number of sulfonamides is 1. The first kappa shape index (κ1) is 33.3. The van der Waals surface area contributed by atoms with Crippen LogP contribution in [0.5, 0.6) is 5.75 Å². The number of rotatable bonds is 14. The van der Waals surface area contributed by atoms with Gasteiger partial charge in [-0.25, -0.2) is 8.42 Å². The first-order chi connectivity index (χ1) is 21.2. The molecular weight excluding hydrogens is 598 g/mol. The van der Waals surface area contributed by atoms with Crippen molar-refractivity contribution in [3.05, 3.63) is 95.0 Å². The molecule has 1 atom stereocenters. The molecule has 236 valence electrons. The summed E-state index contributed by atoms with van der Waals surface area (Å²) < 4.78 is 31.9. The average Bonchev–Trinajstić information content (AvgIpc) is 3.01. The lowest BCUT2D eigenvalue weighted by Crippen LogP contribution is -2.52. The van der Waals surface area contributed by atoms with E-state index in [1.54, 1.807) is 17.0 Å². The van der Waals surface area contributed by atoms with Gasteiger partial charge in [-0.05, 0) is 48.6 Å². The molecule has 0 saturated heterocycles. The number of benzene rings is 3. The van der Waals surface area contributed by atoms with Crippen molar-refractivity contribution in [2.75, 3.05) is 24.2 Å². The van der Waals surface area contributed by atoms with Crippen LogP contribution in [0.15, 0.2) is 78.9 Å². The van der Waals surface area contributed by atoms with Crippen LogP contribution < -0.4 is 14.4 Å². The molecule has 0 heterocycles. The fourth-order valence-corrected chi connectivity index (χ4v) is 6.90. The molecule has 4 rings (SSSR count). The third-order valence-electron chi connectivity index (χ3n) is 7.99. The Bertz CT molecular complexity index is 1480. The van der Waals surface area contributed by atoms with E-state index in [-0.39, 0.29) is 48.8 Å². The molecule has 1 unspecified atom stereocenters. The molecule has 10 heteroatoms. The lowest BCUT2D eigenvalue weighted by molar-refractivity contribution is -0.141. The van der Waals surface area contributed by atoms with Crippen molar-refractivity contribution in [3.8, 4) is 5.75 Å². The molecule has 1 aliphatic rings. The van der Waals surface area contributed by atoms with Crippen LogP contribution >= 0.6 is 11.6 Å². The van der Waals surface area contributed by atoms with Gasteiger partial charge in [-0.1, -0.05) is 91.5 Å². The fraction of sp³-hybridized carbons (Fsp3) is 0.412. The Morgan fingerprint density at radius 2 is 1.59 bits per heavy atom. The summed E-state index contributed by atoms with van der Waals surface area (Å²) in [4.78, 5) is 29.6. The number of amides is 2. The summed E-state index contributed by atoms with van der Waals surface area (Å²) in [5, 5.41) is 3.54. The Balaban J connectivity index is 1.57. The molecule has 0 aromatic heterocycles. The van der Waals surface area contributed by atoms with Crippen molar-refractivity contribution >= 4 is 39.1 Å². The predicted molar refractivity (Wildman–Crippen MR) is 175 cm³/mol. The molecule has 1 fully saturated rings. The van der Waals surface area contributed by atoms with Crippen molar-refractivity contribution in [2.24, 2.45) is 0 Å². The van der Waals surface area contributed by atoms with Crippen LogP contribution in [-0.2, 0) is 32.6 Å². The number of carbonyl (C=O) groups excluding carboxylic acids is 2. The van der Waals surface area contributed by atoms with E-state index in [9.17, 15) is 18.0 Å². The minimum Gasteiger partial charge on any atom is -0.495 e. The maximum Gasteiger partial charge on any atom is 0.243 e. The van der Waals surface area contributed by atoms with Crippen LogP contribution in [0, 0.1) is 0 Å². The average molecular weight is 640 g/mol. The van der Waals surface area contributed by atoms with Gasteiger partial charge < -0.3 is 15.0 Å². The lowest BCUT2D eigenvalue weighted by Gasteiger charge is -2.34. The maximum absolute atomic E-state index is 14.0. The smallest absolute Gasteiger partial charge is 0.243 e. The molecule has 44 heavy (non-hydrogen) atoms. The normalized spacial score (nSPS) is 14.4. The number of anilines is 1. The highest BCUT2D eigenvalue weighted by Gasteiger charge is 2.32. The van der Waals surface area contributed by atoms with Gasteiger partial charge in [-0.15, -0.1) is 0 Å². The van der Waals surface area contributed by atoms with Crippen LogP contribution in [0.2, 0.25) is 5.02 Å². The van der Waals surface area contributed by atoms with Crippen LogP contribution in [0.1, 0.15) is 56.1 Å².